The van der Waals surface area contributed by atoms with Crippen LogP contribution in [0.3, 0.4) is 0 Å². The second-order valence-electron chi connectivity index (χ2n) is 5.50. The summed E-state index contributed by atoms with van der Waals surface area (Å²) in [6.07, 6.45) is 3.56. The number of aryl methyl sites for hydroxylation is 1. The van der Waals surface area contributed by atoms with Crippen LogP contribution in [0.2, 0.25) is 0 Å². The van der Waals surface area contributed by atoms with Gasteiger partial charge in [-0.15, -0.1) is 11.3 Å². The van der Waals surface area contributed by atoms with Crippen molar-refractivity contribution in [2.24, 2.45) is 11.1 Å². The van der Waals surface area contributed by atoms with Crippen LogP contribution in [0.4, 0.5) is 0 Å². The van der Waals surface area contributed by atoms with Gasteiger partial charge in [-0.05, 0) is 67.3 Å². The molecule has 1 aliphatic rings. The molecule has 0 radical (unpaired) electrons. The van der Waals surface area contributed by atoms with E-state index in [0.29, 0.717) is 12.6 Å². The summed E-state index contributed by atoms with van der Waals surface area (Å²) in [6, 6.07) is 2.65. The molecule has 1 aliphatic carbocycles. The summed E-state index contributed by atoms with van der Waals surface area (Å²) >= 11 is 4.27. The van der Waals surface area contributed by atoms with Crippen molar-refractivity contribution < 1.29 is 4.79 Å². The van der Waals surface area contributed by atoms with E-state index in [2.05, 4.69) is 34.0 Å². The fourth-order valence-corrected chi connectivity index (χ4v) is 4.32. The Kier molecular flexibility index (Phi) is 4.33. The number of rotatable bonds is 4. The number of fused-ring (bicyclic) bond motifs is 1. The Hall–Kier alpha value is -0.140. The van der Waals surface area contributed by atoms with Crippen LogP contribution in [-0.2, 0) is 11.2 Å². The van der Waals surface area contributed by atoms with Crippen LogP contribution in [0, 0.1) is 8.30 Å². The minimum absolute atomic E-state index is 0.245. The van der Waals surface area contributed by atoms with Crippen molar-refractivity contribution in [2.75, 3.05) is 6.54 Å². The largest absolute Gasteiger partial charge is 0.369 e. The lowest BCUT2D eigenvalue weighted by molar-refractivity contribution is -0.125. The maximum atomic E-state index is 11.3. The van der Waals surface area contributed by atoms with Gasteiger partial charge in [0, 0.05) is 17.5 Å². The van der Waals surface area contributed by atoms with E-state index in [1.54, 1.807) is 0 Å². The van der Waals surface area contributed by atoms with Crippen molar-refractivity contribution in [3.8, 4) is 0 Å². The Morgan fingerprint density at radius 3 is 3.06 bits per heavy atom. The Morgan fingerprint density at radius 1 is 1.67 bits per heavy atom. The van der Waals surface area contributed by atoms with E-state index in [9.17, 15) is 4.79 Å². The zero-order valence-electron chi connectivity index (χ0n) is 10.8. The van der Waals surface area contributed by atoms with Crippen LogP contribution in [-0.4, -0.2) is 12.5 Å². The molecule has 0 bridgehead atoms. The Morgan fingerprint density at radius 2 is 2.39 bits per heavy atom. The average molecular weight is 378 g/mol. The molecular formula is C13H19IN2OS. The molecule has 100 valence electrons. The maximum Gasteiger partial charge on any atom is 0.224 e. The minimum atomic E-state index is -0.485. The highest BCUT2D eigenvalue weighted by Crippen LogP contribution is 2.36. The highest BCUT2D eigenvalue weighted by molar-refractivity contribution is 14.1. The molecule has 1 unspecified atom stereocenters. The van der Waals surface area contributed by atoms with Crippen molar-refractivity contribution in [1.82, 2.24) is 5.32 Å². The van der Waals surface area contributed by atoms with Crippen LogP contribution in [0.25, 0.3) is 0 Å². The topological polar surface area (TPSA) is 55.1 Å². The molecule has 3 nitrogen and oxygen atoms in total. The first-order valence-electron chi connectivity index (χ1n) is 6.21. The fraction of sp³-hybridized carbons (Fsp3) is 0.615. The van der Waals surface area contributed by atoms with Crippen molar-refractivity contribution in [2.45, 2.75) is 39.2 Å². The van der Waals surface area contributed by atoms with Crippen molar-refractivity contribution in [3.63, 3.8) is 0 Å². The van der Waals surface area contributed by atoms with Gasteiger partial charge in [-0.3, -0.25) is 4.79 Å². The molecule has 0 aromatic carbocycles. The van der Waals surface area contributed by atoms with Gasteiger partial charge in [0.2, 0.25) is 5.91 Å². The Bertz CT molecular complexity index is 456. The number of hydrogen-bond acceptors (Lipinski definition) is 3. The SMILES string of the molecule is CC(C)(CNC1CCCc2sc(I)cc21)C(N)=O. The van der Waals surface area contributed by atoms with E-state index >= 15 is 0 Å². The number of amides is 1. The number of halogens is 1. The highest BCUT2D eigenvalue weighted by atomic mass is 127. The lowest BCUT2D eigenvalue weighted by Gasteiger charge is -2.28. The number of hydrogen-bond donors (Lipinski definition) is 2. The van der Waals surface area contributed by atoms with Gasteiger partial charge in [0.1, 0.15) is 0 Å². The summed E-state index contributed by atoms with van der Waals surface area (Å²) < 4.78 is 1.35. The molecule has 0 spiro atoms. The molecule has 0 saturated heterocycles. The number of carbonyl (C=O) groups excluding carboxylic acids is 1. The van der Waals surface area contributed by atoms with E-state index in [4.69, 9.17) is 5.73 Å². The molecule has 3 N–H and O–H groups in total. The van der Waals surface area contributed by atoms with Gasteiger partial charge in [-0.25, -0.2) is 0 Å². The standard InChI is InChI=1S/C13H19IN2OS/c1-13(2,12(15)17)7-16-9-4-3-5-10-8(9)6-11(14)18-10/h6,9,16H,3-5,7H2,1-2H3,(H2,15,17). The first kappa shape index (κ1) is 14.3. The molecule has 0 saturated carbocycles. The summed E-state index contributed by atoms with van der Waals surface area (Å²) in [5.41, 5.74) is 6.35. The van der Waals surface area contributed by atoms with Crippen LogP contribution in [0.1, 0.15) is 43.2 Å². The molecular weight excluding hydrogens is 359 g/mol. The molecule has 18 heavy (non-hydrogen) atoms. The molecule has 0 aliphatic heterocycles. The smallest absolute Gasteiger partial charge is 0.224 e. The highest BCUT2D eigenvalue weighted by Gasteiger charge is 2.28. The van der Waals surface area contributed by atoms with E-state index < -0.39 is 5.41 Å². The van der Waals surface area contributed by atoms with Crippen molar-refractivity contribution in [3.05, 3.63) is 19.4 Å². The second kappa shape index (κ2) is 5.46. The summed E-state index contributed by atoms with van der Waals surface area (Å²) in [6.45, 7) is 4.42. The zero-order valence-corrected chi connectivity index (χ0v) is 13.7. The number of nitrogens with two attached hydrogens (primary N) is 1. The number of carbonyl (C=O) groups is 1. The monoisotopic (exact) mass is 378 g/mol. The minimum Gasteiger partial charge on any atom is -0.369 e. The average Bonchev–Trinajstić information content (AvgIpc) is 2.66. The summed E-state index contributed by atoms with van der Waals surface area (Å²) in [5, 5.41) is 3.52. The van der Waals surface area contributed by atoms with E-state index in [0.717, 1.165) is 6.42 Å². The molecule has 5 heteroatoms. The lowest BCUT2D eigenvalue weighted by Crippen LogP contribution is -2.42. The normalized spacial score (nSPS) is 19.6. The predicted molar refractivity (Wildman–Crippen MR) is 83.7 cm³/mol. The van der Waals surface area contributed by atoms with Gasteiger partial charge in [-0.1, -0.05) is 0 Å². The zero-order chi connectivity index (χ0) is 13.3. The van der Waals surface area contributed by atoms with Crippen LogP contribution >= 0.6 is 33.9 Å². The van der Waals surface area contributed by atoms with Crippen molar-refractivity contribution in [1.29, 1.82) is 0 Å². The second-order valence-corrected chi connectivity index (χ2v) is 8.53. The van der Waals surface area contributed by atoms with Gasteiger partial charge < -0.3 is 11.1 Å². The first-order chi connectivity index (χ1) is 8.40. The van der Waals surface area contributed by atoms with Crippen LogP contribution < -0.4 is 11.1 Å². The molecule has 1 atom stereocenters. The Balaban J connectivity index is 2.06. The molecule has 1 amide bonds. The summed E-state index contributed by atoms with van der Waals surface area (Å²) in [7, 11) is 0. The predicted octanol–water partition coefficient (Wildman–Crippen LogP) is 2.83. The molecule has 1 aromatic heterocycles. The van der Waals surface area contributed by atoms with E-state index in [1.165, 1.54) is 26.2 Å². The molecule has 1 aromatic rings. The van der Waals surface area contributed by atoms with Gasteiger partial charge in [-0.2, -0.15) is 0 Å². The number of thiophene rings is 1. The van der Waals surface area contributed by atoms with E-state index in [1.807, 2.05) is 25.2 Å². The third-order valence-corrected chi connectivity index (χ3v) is 5.51. The van der Waals surface area contributed by atoms with Crippen LogP contribution in [0.15, 0.2) is 6.07 Å². The van der Waals surface area contributed by atoms with Crippen molar-refractivity contribution >= 4 is 39.8 Å². The molecule has 0 fully saturated rings. The van der Waals surface area contributed by atoms with Crippen LogP contribution in [0.5, 0.6) is 0 Å². The van der Waals surface area contributed by atoms with Gasteiger partial charge >= 0.3 is 0 Å². The van der Waals surface area contributed by atoms with E-state index in [-0.39, 0.29) is 5.91 Å². The molecule has 2 rings (SSSR count). The van der Waals surface area contributed by atoms with Gasteiger partial charge in [0.15, 0.2) is 0 Å². The first-order valence-corrected chi connectivity index (χ1v) is 8.11. The Labute approximate surface area is 126 Å². The third-order valence-electron chi connectivity index (χ3n) is 3.54. The number of nitrogens with one attached hydrogen (secondary N) is 1. The summed E-state index contributed by atoms with van der Waals surface area (Å²) in [5.74, 6) is -0.245. The quantitative estimate of drug-likeness (QED) is 0.792. The van der Waals surface area contributed by atoms with Gasteiger partial charge in [0.25, 0.3) is 0 Å². The lowest BCUT2D eigenvalue weighted by atomic mass is 9.89. The number of primary amides is 1. The summed E-state index contributed by atoms with van der Waals surface area (Å²) in [4.78, 5) is 12.8. The fourth-order valence-electron chi connectivity index (χ4n) is 2.20. The molecule has 1 heterocycles. The van der Waals surface area contributed by atoms with Gasteiger partial charge in [0.05, 0.1) is 8.30 Å². The third kappa shape index (κ3) is 3.05. The maximum absolute atomic E-state index is 11.3.